The molecule has 0 spiro atoms. The fourth-order valence-electron chi connectivity index (χ4n) is 3.09. The quantitative estimate of drug-likeness (QED) is 0.642. The Morgan fingerprint density at radius 3 is 2.04 bits per heavy atom. The van der Waals surface area contributed by atoms with Crippen LogP contribution < -0.4 is 5.32 Å². The first-order valence-corrected chi connectivity index (χ1v) is 9.14. The Morgan fingerprint density at radius 1 is 0.885 bits per heavy atom. The van der Waals surface area contributed by atoms with E-state index in [-0.39, 0.29) is 18.2 Å². The highest BCUT2D eigenvalue weighted by atomic mass is 16.4. The van der Waals surface area contributed by atoms with E-state index in [1.165, 1.54) is 5.56 Å². The second-order valence-electron chi connectivity index (χ2n) is 6.52. The molecular formula is C22H27NO3. The molecule has 0 aromatic heterocycles. The molecule has 2 aromatic carbocycles. The van der Waals surface area contributed by atoms with Crippen molar-refractivity contribution in [1.82, 2.24) is 5.32 Å². The highest BCUT2D eigenvalue weighted by Gasteiger charge is 2.18. The number of ketones is 1. The summed E-state index contributed by atoms with van der Waals surface area (Å²) in [6.45, 7) is 0. The third kappa shape index (κ3) is 6.45. The smallest absolute Gasteiger partial charge is 0.303 e. The van der Waals surface area contributed by atoms with E-state index in [0.29, 0.717) is 12.8 Å². The summed E-state index contributed by atoms with van der Waals surface area (Å²) in [7, 11) is 1.81. The number of aryl methyl sites for hydroxylation is 2. The molecule has 0 amide bonds. The molecule has 0 fully saturated rings. The standard InChI is InChI=1S/C22H27NO3/c1-23-22(20(24)11-5-9-17-7-3-2-4-8-17)19-15-13-18(14-16-19)10-6-12-21(25)26/h2-4,7-8,13-16,22-23H,5-6,9-12H2,1H3,(H,25,26). The molecule has 2 rings (SSSR count). The van der Waals surface area contributed by atoms with Crippen molar-refractivity contribution in [2.45, 2.75) is 44.6 Å². The first kappa shape index (κ1) is 19.9. The summed E-state index contributed by atoms with van der Waals surface area (Å²) in [6, 6.07) is 17.8. The number of benzene rings is 2. The minimum atomic E-state index is -0.766. The van der Waals surface area contributed by atoms with Gasteiger partial charge < -0.3 is 10.4 Å². The monoisotopic (exact) mass is 353 g/mol. The molecular weight excluding hydrogens is 326 g/mol. The normalized spacial score (nSPS) is 11.9. The van der Waals surface area contributed by atoms with Gasteiger partial charge in [-0.2, -0.15) is 0 Å². The van der Waals surface area contributed by atoms with Crippen LogP contribution in [-0.2, 0) is 22.4 Å². The third-order valence-electron chi connectivity index (χ3n) is 4.51. The number of carbonyl (C=O) groups is 2. The zero-order valence-electron chi connectivity index (χ0n) is 15.3. The fourth-order valence-corrected chi connectivity index (χ4v) is 3.09. The van der Waals surface area contributed by atoms with Gasteiger partial charge >= 0.3 is 5.97 Å². The summed E-state index contributed by atoms with van der Waals surface area (Å²) in [6.07, 6.45) is 3.84. The summed E-state index contributed by atoms with van der Waals surface area (Å²) in [5.74, 6) is -0.569. The lowest BCUT2D eigenvalue weighted by molar-refractivity contribution is -0.137. The molecule has 0 radical (unpaired) electrons. The van der Waals surface area contributed by atoms with Crippen molar-refractivity contribution in [3.63, 3.8) is 0 Å². The van der Waals surface area contributed by atoms with Crippen LogP contribution in [0.2, 0.25) is 0 Å². The number of hydrogen-bond acceptors (Lipinski definition) is 3. The van der Waals surface area contributed by atoms with Crippen LogP contribution in [-0.4, -0.2) is 23.9 Å². The number of carbonyl (C=O) groups excluding carboxylic acids is 1. The van der Waals surface area contributed by atoms with Crippen molar-refractivity contribution in [3.05, 3.63) is 71.3 Å². The first-order chi connectivity index (χ1) is 12.6. The van der Waals surface area contributed by atoms with Crippen molar-refractivity contribution < 1.29 is 14.7 Å². The lowest BCUT2D eigenvalue weighted by atomic mass is 9.96. The zero-order chi connectivity index (χ0) is 18.8. The predicted octanol–water partition coefficient (Wildman–Crippen LogP) is 3.95. The van der Waals surface area contributed by atoms with E-state index in [1.54, 1.807) is 7.05 Å². The van der Waals surface area contributed by atoms with Crippen LogP contribution in [0.3, 0.4) is 0 Å². The molecule has 2 N–H and O–H groups in total. The SMILES string of the molecule is CNC(C(=O)CCCc1ccccc1)c1ccc(CCCC(=O)O)cc1. The minimum absolute atomic E-state index is 0.181. The van der Waals surface area contributed by atoms with Gasteiger partial charge in [0, 0.05) is 12.8 Å². The summed E-state index contributed by atoms with van der Waals surface area (Å²) < 4.78 is 0. The van der Waals surface area contributed by atoms with Gasteiger partial charge in [0.1, 0.15) is 0 Å². The fraction of sp³-hybridized carbons (Fsp3) is 0.364. The van der Waals surface area contributed by atoms with E-state index >= 15 is 0 Å². The summed E-state index contributed by atoms with van der Waals surface area (Å²) in [4.78, 5) is 23.1. The summed E-state index contributed by atoms with van der Waals surface area (Å²) >= 11 is 0. The largest absolute Gasteiger partial charge is 0.481 e. The molecule has 0 saturated heterocycles. The first-order valence-electron chi connectivity index (χ1n) is 9.14. The zero-order valence-corrected chi connectivity index (χ0v) is 15.3. The molecule has 0 aliphatic heterocycles. The summed E-state index contributed by atoms with van der Waals surface area (Å²) in [5.41, 5.74) is 3.31. The predicted molar refractivity (Wildman–Crippen MR) is 103 cm³/mol. The highest BCUT2D eigenvalue weighted by molar-refractivity contribution is 5.85. The van der Waals surface area contributed by atoms with E-state index in [9.17, 15) is 9.59 Å². The van der Waals surface area contributed by atoms with Gasteiger partial charge in [0.15, 0.2) is 5.78 Å². The molecule has 0 saturated carbocycles. The van der Waals surface area contributed by atoms with Crippen LogP contribution in [0.5, 0.6) is 0 Å². The maximum atomic E-state index is 12.6. The summed E-state index contributed by atoms with van der Waals surface area (Å²) in [5, 5.41) is 11.8. The van der Waals surface area contributed by atoms with Gasteiger partial charge in [-0.15, -0.1) is 0 Å². The number of carboxylic acid groups (broad SMARTS) is 1. The van der Waals surface area contributed by atoms with E-state index in [4.69, 9.17) is 5.11 Å². The van der Waals surface area contributed by atoms with Gasteiger partial charge in [-0.3, -0.25) is 9.59 Å². The Bertz CT molecular complexity index is 695. The number of aliphatic carboxylic acids is 1. The molecule has 138 valence electrons. The Balaban J connectivity index is 1.86. The van der Waals surface area contributed by atoms with Crippen LogP contribution in [0.4, 0.5) is 0 Å². The Kier molecular flexibility index (Phi) is 8.03. The molecule has 0 bridgehead atoms. The van der Waals surface area contributed by atoms with Crippen LogP contribution in [0.25, 0.3) is 0 Å². The average Bonchev–Trinajstić information content (AvgIpc) is 2.64. The number of Topliss-reactive ketones (excluding diaryl/α,β-unsaturated/α-hetero) is 1. The van der Waals surface area contributed by atoms with Crippen molar-refractivity contribution in [1.29, 1.82) is 0 Å². The van der Waals surface area contributed by atoms with Crippen molar-refractivity contribution >= 4 is 11.8 Å². The lowest BCUT2D eigenvalue weighted by Crippen LogP contribution is -2.25. The number of rotatable bonds is 11. The van der Waals surface area contributed by atoms with Crippen molar-refractivity contribution in [2.24, 2.45) is 0 Å². The number of likely N-dealkylation sites (N-methyl/N-ethyl adjacent to an activating group) is 1. The highest BCUT2D eigenvalue weighted by Crippen LogP contribution is 2.18. The average molecular weight is 353 g/mol. The molecule has 1 atom stereocenters. The Morgan fingerprint density at radius 2 is 1.46 bits per heavy atom. The van der Waals surface area contributed by atoms with Crippen LogP contribution in [0, 0.1) is 0 Å². The van der Waals surface area contributed by atoms with Gasteiger partial charge in [-0.05, 0) is 49.4 Å². The van der Waals surface area contributed by atoms with Crippen LogP contribution >= 0.6 is 0 Å². The van der Waals surface area contributed by atoms with E-state index in [2.05, 4.69) is 17.4 Å². The van der Waals surface area contributed by atoms with Crippen molar-refractivity contribution in [2.75, 3.05) is 7.05 Å². The molecule has 1 unspecified atom stereocenters. The topological polar surface area (TPSA) is 66.4 Å². The maximum absolute atomic E-state index is 12.6. The minimum Gasteiger partial charge on any atom is -0.481 e. The number of hydrogen-bond donors (Lipinski definition) is 2. The molecule has 4 nitrogen and oxygen atoms in total. The van der Waals surface area contributed by atoms with Gasteiger partial charge in [-0.25, -0.2) is 0 Å². The Hall–Kier alpha value is -2.46. The van der Waals surface area contributed by atoms with Gasteiger partial charge in [0.25, 0.3) is 0 Å². The lowest BCUT2D eigenvalue weighted by Gasteiger charge is -2.16. The molecule has 2 aromatic rings. The van der Waals surface area contributed by atoms with Gasteiger partial charge in [-0.1, -0.05) is 54.6 Å². The number of carboxylic acids is 1. The van der Waals surface area contributed by atoms with Crippen molar-refractivity contribution in [3.8, 4) is 0 Å². The number of nitrogens with one attached hydrogen (secondary N) is 1. The maximum Gasteiger partial charge on any atom is 0.303 e. The van der Waals surface area contributed by atoms with E-state index in [1.807, 2.05) is 42.5 Å². The second-order valence-corrected chi connectivity index (χ2v) is 6.52. The molecule has 4 heteroatoms. The molecule has 0 aliphatic carbocycles. The Labute approximate surface area is 155 Å². The molecule has 0 heterocycles. The van der Waals surface area contributed by atoms with Crippen LogP contribution in [0.15, 0.2) is 54.6 Å². The van der Waals surface area contributed by atoms with E-state index in [0.717, 1.165) is 30.4 Å². The van der Waals surface area contributed by atoms with Gasteiger partial charge in [0.05, 0.1) is 6.04 Å². The molecule has 0 aliphatic rings. The van der Waals surface area contributed by atoms with E-state index < -0.39 is 5.97 Å². The van der Waals surface area contributed by atoms with Gasteiger partial charge in [0.2, 0.25) is 0 Å². The third-order valence-corrected chi connectivity index (χ3v) is 4.51. The molecule has 26 heavy (non-hydrogen) atoms. The van der Waals surface area contributed by atoms with Crippen LogP contribution in [0.1, 0.15) is 48.4 Å². The second kappa shape index (κ2) is 10.5.